The van der Waals surface area contributed by atoms with E-state index in [1.807, 2.05) is 7.05 Å². The summed E-state index contributed by atoms with van der Waals surface area (Å²) in [4.78, 5) is 2.53. The van der Waals surface area contributed by atoms with E-state index in [9.17, 15) is 0 Å². The maximum atomic E-state index is 3.19. The highest BCUT2D eigenvalue weighted by molar-refractivity contribution is 4.89. The molecule has 0 aromatic rings. The third kappa shape index (κ3) is 2.27. The third-order valence-corrected chi connectivity index (χ3v) is 2.07. The van der Waals surface area contributed by atoms with Crippen molar-refractivity contribution in [3.63, 3.8) is 0 Å². The van der Waals surface area contributed by atoms with Gasteiger partial charge in [0, 0.05) is 19.1 Å². The number of unbranched alkanes of at least 4 members (excludes halogenated alkanes) is 1. The lowest BCUT2D eigenvalue weighted by molar-refractivity contribution is 0.478. The first kappa shape index (κ1) is 8.02. The van der Waals surface area contributed by atoms with Gasteiger partial charge in [0.25, 0.3) is 0 Å². The second-order valence-corrected chi connectivity index (χ2v) is 3.06. The lowest BCUT2D eigenvalue weighted by atomic mass is 10.3. The summed E-state index contributed by atoms with van der Waals surface area (Å²) in [7, 11) is 2.02. The number of hydrogen-bond donors (Lipinski definition) is 1. The predicted octanol–water partition coefficient (Wildman–Crippen LogP) is 0.690. The van der Waals surface area contributed by atoms with Crippen LogP contribution in [0.15, 0.2) is 0 Å². The van der Waals surface area contributed by atoms with Gasteiger partial charge in [0.05, 0.1) is 0 Å². The summed E-state index contributed by atoms with van der Waals surface area (Å²) in [5.41, 5.74) is 0. The van der Waals surface area contributed by atoms with Gasteiger partial charge in [-0.25, -0.2) is 0 Å². The van der Waals surface area contributed by atoms with Gasteiger partial charge >= 0.3 is 0 Å². The minimum absolute atomic E-state index is 0.858. The van der Waals surface area contributed by atoms with E-state index in [4.69, 9.17) is 0 Å². The van der Waals surface area contributed by atoms with Crippen LogP contribution in [0.25, 0.3) is 0 Å². The zero-order valence-corrected chi connectivity index (χ0v) is 7.06. The van der Waals surface area contributed by atoms with E-state index in [0.717, 1.165) is 6.04 Å². The van der Waals surface area contributed by atoms with Crippen LogP contribution >= 0.6 is 0 Å². The normalized spacial score (nSPS) is 30.6. The van der Waals surface area contributed by atoms with Gasteiger partial charge in [0.1, 0.15) is 0 Å². The van der Waals surface area contributed by atoms with E-state index in [-0.39, 0.29) is 0 Å². The van der Waals surface area contributed by atoms with Gasteiger partial charge in [-0.1, -0.05) is 13.3 Å². The number of nitrogens with zero attached hydrogens (tertiary/aromatic N) is 1. The molecular formula is C8H18N2. The van der Waals surface area contributed by atoms with Crippen molar-refractivity contribution in [2.24, 2.45) is 0 Å². The molecule has 2 heteroatoms. The lowest BCUT2D eigenvalue weighted by Crippen LogP contribution is -2.17. The summed E-state index contributed by atoms with van der Waals surface area (Å²) in [6.45, 7) is 6.05. The second kappa shape index (κ2) is 3.94. The topological polar surface area (TPSA) is 15.0 Å². The number of likely N-dealkylation sites (N-methyl/N-ethyl adjacent to an activating group) is 1. The van der Waals surface area contributed by atoms with Crippen molar-refractivity contribution in [2.75, 3.05) is 26.7 Å². The Hall–Kier alpha value is -0.0800. The van der Waals surface area contributed by atoms with Gasteiger partial charge < -0.3 is 5.32 Å². The van der Waals surface area contributed by atoms with Crippen molar-refractivity contribution in [2.45, 2.75) is 25.8 Å². The van der Waals surface area contributed by atoms with Gasteiger partial charge in [0.15, 0.2) is 0 Å². The number of nitrogens with one attached hydrogen (secondary N) is 1. The van der Waals surface area contributed by atoms with Gasteiger partial charge in [-0.15, -0.1) is 0 Å². The quantitative estimate of drug-likeness (QED) is 0.568. The molecule has 1 rings (SSSR count). The van der Waals surface area contributed by atoms with E-state index in [2.05, 4.69) is 17.1 Å². The van der Waals surface area contributed by atoms with Gasteiger partial charge in [-0.05, 0) is 20.0 Å². The van der Waals surface area contributed by atoms with E-state index >= 15 is 0 Å². The summed E-state index contributed by atoms with van der Waals surface area (Å²) in [5, 5.41) is 3.19. The van der Waals surface area contributed by atoms with Crippen molar-refractivity contribution >= 4 is 0 Å². The fourth-order valence-corrected chi connectivity index (χ4v) is 1.29. The Bertz CT molecular complexity index is 93.3. The Kier molecular flexibility index (Phi) is 3.16. The molecule has 2 atom stereocenters. The molecule has 0 aromatic carbocycles. The van der Waals surface area contributed by atoms with Crippen molar-refractivity contribution in [3.8, 4) is 0 Å². The summed E-state index contributed by atoms with van der Waals surface area (Å²) in [6.07, 6.45) is 2.68. The first-order chi connectivity index (χ1) is 4.88. The van der Waals surface area contributed by atoms with E-state index in [1.54, 1.807) is 0 Å². The van der Waals surface area contributed by atoms with Crippen LogP contribution in [0.3, 0.4) is 0 Å². The maximum Gasteiger partial charge on any atom is 0.0348 e. The molecule has 1 aliphatic heterocycles. The molecule has 0 aliphatic carbocycles. The largest absolute Gasteiger partial charge is 0.318 e. The van der Waals surface area contributed by atoms with Crippen molar-refractivity contribution in [1.29, 1.82) is 0 Å². The molecule has 0 spiro atoms. The third-order valence-electron chi connectivity index (χ3n) is 2.07. The highest BCUT2D eigenvalue weighted by atomic mass is 15.3. The van der Waals surface area contributed by atoms with Gasteiger partial charge in [-0.2, -0.15) is 0 Å². The maximum absolute atomic E-state index is 3.19. The highest BCUT2D eigenvalue weighted by Gasteiger charge is 2.31. The van der Waals surface area contributed by atoms with Gasteiger partial charge in [-0.3, -0.25) is 4.90 Å². The molecule has 1 fully saturated rings. The Morgan fingerprint density at radius 3 is 3.00 bits per heavy atom. The molecule has 2 nitrogen and oxygen atoms in total. The van der Waals surface area contributed by atoms with Gasteiger partial charge in [0.2, 0.25) is 0 Å². The van der Waals surface area contributed by atoms with Crippen LogP contribution in [0, 0.1) is 0 Å². The Labute approximate surface area is 63.6 Å². The first-order valence-corrected chi connectivity index (χ1v) is 4.27. The van der Waals surface area contributed by atoms with E-state index < -0.39 is 0 Å². The van der Waals surface area contributed by atoms with Crippen LogP contribution in [0.1, 0.15) is 19.8 Å². The molecule has 60 valence electrons. The highest BCUT2D eigenvalue weighted by Crippen LogP contribution is 2.16. The number of rotatable bonds is 5. The Morgan fingerprint density at radius 2 is 2.40 bits per heavy atom. The molecule has 1 aliphatic rings. The zero-order valence-electron chi connectivity index (χ0n) is 7.06. The van der Waals surface area contributed by atoms with E-state index in [0.29, 0.717) is 0 Å². The molecular weight excluding hydrogens is 124 g/mol. The SMILES string of the molecule is CCCCN1CC1CNC. The molecule has 1 saturated heterocycles. The monoisotopic (exact) mass is 142 g/mol. The average Bonchev–Trinajstić information content (AvgIpc) is 2.65. The molecule has 2 unspecified atom stereocenters. The molecule has 1 heterocycles. The summed E-state index contributed by atoms with van der Waals surface area (Å²) in [5.74, 6) is 0. The molecule has 0 aromatic heterocycles. The predicted molar refractivity (Wildman–Crippen MR) is 44.2 cm³/mol. The van der Waals surface area contributed by atoms with Crippen LogP contribution in [-0.2, 0) is 0 Å². The smallest absolute Gasteiger partial charge is 0.0348 e. The summed E-state index contributed by atoms with van der Waals surface area (Å²) >= 11 is 0. The first-order valence-electron chi connectivity index (χ1n) is 4.27. The van der Waals surface area contributed by atoms with Crippen LogP contribution in [0.5, 0.6) is 0 Å². The molecule has 1 N–H and O–H groups in total. The zero-order chi connectivity index (χ0) is 7.40. The minimum atomic E-state index is 0.858. The van der Waals surface area contributed by atoms with Crippen LogP contribution < -0.4 is 5.32 Å². The second-order valence-electron chi connectivity index (χ2n) is 3.06. The number of hydrogen-bond acceptors (Lipinski definition) is 2. The van der Waals surface area contributed by atoms with Crippen LogP contribution in [-0.4, -0.2) is 37.6 Å². The fraction of sp³-hybridized carbons (Fsp3) is 1.00. The minimum Gasteiger partial charge on any atom is -0.318 e. The van der Waals surface area contributed by atoms with Crippen molar-refractivity contribution < 1.29 is 0 Å². The van der Waals surface area contributed by atoms with Crippen molar-refractivity contribution in [3.05, 3.63) is 0 Å². The average molecular weight is 142 g/mol. The molecule has 0 bridgehead atoms. The standard InChI is InChI=1S/C8H18N2/c1-3-4-5-10-7-8(10)6-9-2/h8-9H,3-7H2,1-2H3. The molecule has 0 radical (unpaired) electrons. The molecule has 0 amide bonds. The Balaban J connectivity index is 1.92. The van der Waals surface area contributed by atoms with Crippen LogP contribution in [0.4, 0.5) is 0 Å². The van der Waals surface area contributed by atoms with Crippen LogP contribution in [0.2, 0.25) is 0 Å². The summed E-state index contributed by atoms with van der Waals surface area (Å²) in [6, 6.07) is 0.858. The lowest BCUT2D eigenvalue weighted by Gasteiger charge is -2.00. The molecule has 10 heavy (non-hydrogen) atoms. The van der Waals surface area contributed by atoms with E-state index in [1.165, 1.54) is 32.5 Å². The van der Waals surface area contributed by atoms with Crippen molar-refractivity contribution in [1.82, 2.24) is 10.2 Å². The molecule has 0 saturated carbocycles. The Morgan fingerprint density at radius 1 is 1.60 bits per heavy atom. The fourth-order valence-electron chi connectivity index (χ4n) is 1.29. The summed E-state index contributed by atoms with van der Waals surface area (Å²) < 4.78 is 0.